The summed E-state index contributed by atoms with van der Waals surface area (Å²) in [5, 5.41) is 0. The van der Waals surface area contributed by atoms with Crippen LogP contribution in [0.3, 0.4) is 0 Å². The van der Waals surface area contributed by atoms with Gasteiger partial charge in [0.1, 0.15) is 13.2 Å². The van der Waals surface area contributed by atoms with E-state index >= 15 is 0 Å². The zero-order chi connectivity index (χ0) is 43.0. The minimum absolute atomic E-state index is 0.0969. The Balaban J connectivity index is 4.34. The number of rotatable bonds is 43. The highest BCUT2D eigenvalue weighted by atomic mass is 16.6. The van der Waals surface area contributed by atoms with Crippen molar-refractivity contribution in [2.24, 2.45) is 0 Å². The van der Waals surface area contributed by atoms with Crippen LogP contribution in [0.15, 0.2) is 72.9 Å². The van der Waals surface area contributed by atoms with Crippen LogP contribution in [-0.2, 0) is 28.6 Å². The van der Waals surface area contributed by atoms with Gasteiger partial charge in [0, 0.05) is 19.3 Å². The van der Waals surface area contributed by atoms with Gasteiger partial charge in [0.2, 0.25) is 0 Å². The first-order valence-corrected chi connectivity index (χ1v) is 24.5. The maximum Gasteiger partial charge on any atom is 0.306 e. The SMILES string of the molecule is CC\C=C/C=C\C=C/CCCCCCCC(=O)OC(COC(=O)CCCC/C=C\C/C=C\CC)COC(=O)CCCCCCCCC/C=C\CCCCCCCCCC. The predicted octanol–water partition coefficient (Wildman–Crippen LogP) is 15.9. The molecule has 0 saturated heterocycles. The first-order valence-electron chi connectivity index (χ1n) is 24.5. The molecule has 6 heteroatoms. The van der Waals surface area contributed by atoms with E-state index < -0.39 is 6.10 Å². The second kappa shape index (κ2) is 47.5. The minimum atomic E-state index is -0.798. The standard InChI is InChI=1S/C53H90O6/c1-4-7-10-13-16-19-21-23-24-25-26-27-28-30-31-34-37-40-43-46-52(55)58-49-50(48-57-51(54)45-42-39-36-33-18-15-12-9-6-3)59-53(56)47-44-41-38-35-32-29-22-20-17-14-11-8-5-2/h8-9,11-12,14,17-18,20,22,25-26,33,50H,4-7,10,13,15-16,19,21,23-24,27-32,34-49H2,1-3H3/b11-8-,12-9-,17-14-,22-20-,26-25-,33-18-. The van der Waals surface area contributed by atoms with Crippen molar-refractivity contribution in [1.82, 2.24) is 0 Å². The third kappa shape index (κ3) is 45.8. The zero-order valence-electron chi connectivity index (χ0n) is 38.5. The van der Waals surface area contributed by atoms with Gasteiger partial charge < -0.3 is 14.2 Å². The van der Waals surface area contributed by atoms with Gasteiger partial charge in [-0.25, -0.2) is 0 Å². The summed E-state index contributed by atoms with van der Waals surface area (Å²) in [6, 6.07) is 0. The summed E-state index contributed by atoms with van der Waals surface area (Å²) in [4.78, 5) is 37.8. The van der Waals surface area contributed by atoms with Crippen LogP contribution in [0.5, 0.6) is 0 Å². The van der Waals surface area contributed by atoms with E-state index in [9.17, 15) is 14.4 Å². The molecule has 0 aromatic carbocycles. The highest BCUT2D eigenvalue weighted by Gasteiger charge is 2.19. The highest BCUT2D eigenvalue weighted by Crippen LogP contribution is 2.14. The van der Waals surface area contributed by atoms with E-state index in [-0.39, 0.29) is 31.1 Å². The van der Waals surface area contributed by atoms with Gasteiger partial charge in [0.05, 0.1) is 0 Å². The number of hydrogen-bond acceptors (Lipinski definition) is 6. The van der Waals surface area contributed by atoms with Crippen molar-refractivity contribution < 1.29 is 28.6 Å². The van der Waals surface area contributed by atoms with Gasteiger partial charge in [-0.1, -0.05) is 190 Å². The van der Waals surface area contributed by atoms with Crippen LogP contribution in [-0.4, -0.2) is 37.2 Å². The molecule has 0 amide bonds. The molecule has 6 nitrogen and oxygen atoms in total. The number of unbranched alkanes of at least 4 members (excludes halogenated alkanes) is 22. The number of hydrogen-bond donors (Lipinski definition) is 0. The van der Waals surface area contributed by atoms with Crippen LogP contribution in [0.4, 0.5) is 0 Å². The van der Waals surface area contributed by atoms with Gasteiger partial charge in [0.25, 0.3) is 0 Å². The van der Waals surface area contributed by atoms with Gasteiger partial charge >= 0.3 is 17.9 Å². The Kier molecular flexibility index (Phi) is 45.0. The summed E-state index contributed by atoms with van der Waals surface area (Å²) < 4.78 is 16.7. The van der Waals surface area contributed by atoms with Crippen molar-refractivity contribution in [3.05, 3.63) is 72.9 Å². The third-order valence-corrected chi connectivity index (χ3v) is 10.2. The zero-order valence-corrected chi connectivity index (χ0v) is 38.5. The van der Waals surface area contributed by atoms with E-state index in [0.29, 0.717) is 19.3 Å². The molecule has 0 aliphatic rings. The van der Waals surface area contributed by atoms with Crippen LogP contribution >= 0.6 is 0 Å². The van der Waals surface area contributed by atoms with Crippen molar-refractivity contribution in [3.8, 4) is 0 Å². The molecule has 0 radical (unpaired) electrons. The van der Waals surface area contributed by atoms with Crippen molar-refractivity contribution in [2.45, 2.75) is 232 Å². The summed E-state index contributed by atoms with van der Waals surface area (Å²) in [5.74, 6) is -0.963. The van der Waals surface area contributed by atoms with E-state index in [1.165, 1.54) is 89.9 Å². The lowest BCUT2D eigenvalue weighted by Crippen LogP contribution is -2.30. The number of allylic oxidation sites excluding steroid dienone is 12. The number of ether oxygens (including phenoxy) is 3. The first-order chi connectivity index (χ1) is 29.0. The Morgan fingerprint density at radius 2 is 0.746 bits per heavy atom. The van der Waals surface area contributed by atoms with Gasteiger partial charge in [0.15, 0.2) is 6.10 Å². The molecule has 59 heavy (non-hydrogen) atoms. The topological polar surface area (TPSA) is 78.9 Å². The van der Waals surface area contributed by atoms with Crippen molar-refractivity contribution in [3.63, 3.8) is 0 Å². The molecular formula is C53H90O6. The van der Waals surface area contributed by atoms with Gasteiger partial charge in [-0.05, 0) is 89.9 Å². The number of carbonyl (C=O) groups is 3. The molecule has 338 valence electrons. The lowest BCUT2D eigenvalue weighted by atomic mass is 10.1. The maximum atomic E-state index is 12.7. The third-order valence-electron chi connectivity index (χ3n) is 10.2. The number of carbonyl (C=O) groups excluding carboxylic acids is 3. The fourth-order valence-corrected chi connectivity index (χ4v) is 6.59. The quantitative estimate of drug-likeness (QED) is 0.0200. The Hall–Kier alpha value is -3.15. The fourth-order valence-electron chi connectivity index (χ4n) is 6.59. The first kappa shape index (κ1) is 55.9. The molecule has 0 rings (SSSR count). The average molecular weight is 823 g/mol. The molecule has 0 aliphatic heterocycles. The number of esters is 3. The van der Waals surface area contributed by atoms with Crippen LogP contribution in [0, 0.1) is 0 Å². The second-order valence-corrected chi connectivity index (χ2v) is 16.0. The van der Waals surface area contributed by atoms with E-state index in [2.05, 4.69) is 93.7 Å². The summed E-state index contributed by atoms with van der Waals surface area (Å²) in [7, 11) is 0. The smallest absolute Gasteiger partial charge is 0.306 e. The lowest BCUT2D eigenvalue weighted by molar-refractivity contribution is -0.167. The summed E-state index contributed by atoms with van der Waals surface area (Å²) in [5.41, 5.74) is 0. The normalized spacial score (nSPS) is 12.7. The molecule has 0 fully saturated rings. The van der Waals surface area contributed by atoms with Crippen molar-refractivity contribution >= 4 is 17.9 Å². The highest BCUT2D eigenvalue weighted by molar-refractivity contribution is 5.71. The molecule has 1 atom stereocenters. The van der Waals surface area contributed by atoms with Gasteiger partial charge in [-0.2, -0.15) is 0 Å². The van der Waals surface area contributed by atoms with Crippen molar-refractivity contribution in [1.29, 1.82) is 0 Å². The largest absolute Gasteiger partial charge is 0.462 e. The van der Waals surface area contributed by atoms with Crippen LogP contribution in [0.1, 0.15) is 226 Å². The second-order valence-electron chi connectivity index (χ2n) is 16.0. The van der Waals surface area contributed by atoms with Gasteiger partial charge in [-0.15, -0.1) is 0 Å². The molecule has 0 aromatic rings. The van der Waals surface area contributed by atoms with Crippen LogP contribution in [0.25, 0.3) is 0 Å². The fraction of sp³-hybridized carbons (Fsp3) is 0.717. The van der Waals surface area contributed by atoms with E-state index in [4.69, 9.17) is 14.2 Å². The average Bonchev–Trinajstić information content (AvgIpc) is 3.23. The van der Waals surface area contributed by atoms with Crippen LogP contribution < -0.4 is 0 Å². The van der Waals surface area contributed by atoms with E-state index in [1.54, 1.807) is 0 Å². The Bertz CT molecular complexity index is 1130. The molecule has 1 unspecified atom stereocenters. The lowest BCUT2D eigenvalue weighted by Gasteiger charge is -2.18. The summed E-state index contributed by atoms with van der Waals surface area (Å²) in [6.45, 7) is 6.32. The molecule has 0 aromatic heterocycles. The maximum absolute atomic E-state index is 12.7. The monoisotopic (exact) mass is 823 g/mol. The molecule has 0 N–H and O–H groups in total. The van der Waals surface area contributed by atoms with E-state index in [1.807, 2.05) is 0 Å². The Labute approximate surface area is 363 Å². The predicted molar refractivity (Wildman–Crippen MR) is 251 cm³/mol. The summed E-state index contributed by atoms with van der Waals surface area (Å²) >= 11 is 0. The Morgan fingerprint density at radius 1 is 0.373 bits per heavy atom. The van der Waals surface area contributed by atoms with Gasteiger partial charge in [-0.3, -0.25) is 14.4 Å². The minimum Gasteiger partial charge on any atom is -0.462 e. The molecule has 0 aliphatic carbocycles. The van der Waals surface area contributed by atoms with E-state index in [0.717, 1.165) is 96.3 Å². The molecule has 0 saturated carbocycles. The summed E-state index contributed by atoms with van der Waals surface area (Å²) in [6.07, 6.45) is 59.0. The van der Waals surface area contributed by atoms with Crippen molar-refractivity contribution in [2.75, 3.05) is 13.2 Å². The molecular weight excluding hydrogens is 733 g/mol. The van der Waals surface area contributed by atoms with Crippen LogP contribution in [0.2, 0.25) is 0 Å². The Morgan fingerprint density at radius 3 is 1.25 bits per heavy atom. The molecule has 0 spiro atoms. The molecule has 0 heterocycles. The molecule has 0 bridgehead atoms.